The second kappa shape index (κ2) is 6.77. The van der Waals surface area contributed by atoms with E-state index < -0.39 is 0 Å². The number of benzene rings is 1. The zero-order chi connectivity index (χ0) is 21.6. The number of Topliss-reactive ketones (excluding diaryl/α,β-unsaturated/α-hetero) is 1. The molecule has 0 saturated heterocycles. The predicted octanol–water partition coefficient (Wildman–Crippen LogP) is 5.68. The van der Waals surface area contributed by atoms with Crippen LogP contribution in [0.1, 0.15) is 58.3 Å². The van der Waals surface area contributed by atoms with Gasteiger partial charge in [0.2, 0.25) is 0 Å². The third-order valence-electron chi connectivity index (χ3n) is 10.8. The van der Waals surface area contributed by atoms with E-state index in [0.717, 1.165) is 46.5 Å². The van der Waals surface area contributed by atoms with Crippen LogP contribution in [0.15, 0.2) is 36.4 Å². The zero-order valence-electron chi connectivity index (χ0n) is 19.2. The quantitative estimate of drug-likeness (QED) is 0.590. The fraction of sp³-hybridized carbons (Fsp3) is 0.679. The molecule has 9 atom stereocenters. The summed E-state index contributed by atoms with van der Waals surface area (Å²) < 4.78 is 1.84. The fourth-order valence-electron chi connectivity index (χ4n) is 9.63. The van der Waals surface area contributed by atoms with Gasteiger partial charge in [0.1, 0.15) is 12.1 Å². The van der Waals surface area contributed by atoms with E-state index >= 15 is 0 Å². The molecule has 0 radical (unpaired) electrons. The molecule has 5 saturated carbocycles. The number of rotatable bonds is 3. The van der Waals surface area contributed by atoms with E-state index in [0.29, 0.717) is 18.2 Å². The summed E-state index contributed by atoms with van der Waals surface area (Å²) in [5.41, 5.74) is 3.56. The molecule has 7 rings (SSSR count). The lowest BCUT2D eigenvalue weighted by molar-refractivity contribution is -0.133. The van der Waals surface area contributed by atoms with E-state index in [1.54, 1.807) is 0 Å². The summed E-state index contributed by atoms with van der Waals surface area (Å²) in [6.45, 7) is 7.21. The lowest BCUT2D eigenvalue weighted by Gasteiger charge is -2.56. The molecule has 3 unspecified atom stereocenters. The molecule has 2 aromatic rings. The highest BCUT2D eigenvalue weighted by Crippen LogP contribution is 2.74. The SMILES string of the molecule is C=C1CCC2C(CC[C@H]3C4[C@@H]5C[C@@H]5[C@H](C(=O)Cn5nnc6ccccc65)[C@@]4(C)CC[C@H]23)C1. The van der Waals surface area contributed by atoms with Crippen molar-refractivity contribution < 1.29 is 4.79 Å². The lowest BCUT2D eigenvalue weighted by Crippen LogP contribution is -2.50. The third-order valence-corrected chi connectivity index (χ3v) is 10.8. The van der Waals surface area contributed by atoms with Crippen molar-refractivity contribution in [2.24, 2.45) is 52.8 Å². The van der Waals surface area contributed by atoms with Crippen molar-refractivity contribution in [3.63, 3.8) is 0 Å². The normalized spacial score (nSPS) is 44.5. The maximum absolute atomic E-state index is 13.8. The minimum absolute atomic E-state index is 0.202. The Balaban J connectivity index is 1.15. The molecule has 5 fully saturated rings. The molecule has 0 aliphatic heterocycles. The Morgan fingerprint density at radius 3 is 2.88 bits per heavy atom. The highest BCUT2D eigenvalue weighted by Gasteiger charge is 2.70. The summed E-state index contributed by atoms with van der Waals surface area (Å²) in [5, 5.41) is 8.61. The minimum Gasteiger partial charge on any atom is -0.297 e. The van der Waals surface area contributed by atoms with Crippen molar-refractivity contribution in [3.05, 3.63) is 36.4 Å². The number of allylic oxidation sites excluding steroid dienone is 1. The van der Waals surface area contributed by atoms with Crippen molar-refractivity contribution in [2.75, 3.05) is 0 Å². The van der Waals surface area contributed by atoms with E-state index in [9.17, 15) is 4.79 Å². The van der Waals surface area contributed by atoms with E-state index in [4.69, 9.17) is 0 Å². The standard InChI is InChI=1S/C28H35N3O/c1-16-7-9-18-17(13-16)8-10-20-19(18)11-12-28(2)26(20)21-14-22(21)27(28)25(32)15-31-24-6-4-3-5-23(24)29-30-31/h3-6,17-22,26-27H,1,7-15H2,2H3/t17?,18?,19-,20-,21-,22+,26?,27-,28+/m1/s1. The maximum Gasteiger partial charge on any atom is 0.158 e. The molecule has 1 heterocycles. The van der Waals surface area contributed by atoms with Crippen LogP contribution in [0.25, 0.3) is 11.0 Å². The lowest BCUT2D eigenvalue weighted by atomic mass is 9.48. The van der Waals surface area contributed by atoms with Gasteiger partial charge in [0.25, 0.3) is 0 Å². The molecule has 0 spiro atoms. The summed E-state index contributed by atoms with van der Waals surface area (Å²) in [7, 11) is 0. The van der Waals surface area contributed by atoms with Crippen LogP contribution in [0.3, 0.4) is 0 Å². The van der Waals surface area contributed by atoms with Gasteiger partial charge in [0, 0.05) is 5.92 Å². The average molecular weight is 430 g/mol. The van der Waals surface area contributed by atoms with Crippen molar-refractivity contribution in [3.8, 4) is 0 Å². The van der Waals surface area contributed by atoms with Gasteiger partial charge >= 0.3 is 0 Å². The first kappa shape index (κ1) is 19.5. The van der Waals surface area contributed by atoms with Crippen LogP contribution in [-0.2, 0) is 11.3 Å². The van der Waals surface area contributed by atoms with E-state index in [1.165, 1.54) is 56.9 Å². The van der Waals surface area contributed by atoms with Crippen LogP contribution >= 0.6 is 0 Å². The second-order valence-corrected chi connectivity index (χ2v) is 12.1. The molecule has 4 heteroatoms. The Bertz CT molecular complexity index is 1100. The van der Waals surface area contributed by atoms with Crippen molar-refractivity contribution >= 4 is 16.8 Å². The minimum atomic E-state index is 0.202. The average Bonchev–Trinajstić information content (AvgIpc) is 3.34. The molecule has 5 aliphatic carbocycles. The van der Waals surface area contributed by atoms with Gasteiger partial charge in [-0.3, -0.25) is 4.79 Å². The summed E-state index contributed by atoms with van der Waals surface area (Å²) in [4.78, 5) is 13.8. The molecule has 0 amide bonds. The molecule has 0 bridgehead atoms. The van der Waals surface area contributed by atoms with E-state index in [-0.39, 0.29) is 11.3 Å². The molecule has 1 aromatic carbocycles. The van der Waals surface area contributed by atoms with Gasteiger partial charge in [-0.25, -0.2) is 4.68 Å². The number of hydrogen-bond donors (Lipinski definition) is 0. The summed E-state index contributed by atoms with van der Waals surface area (Å²) >= 11 is 0. The Kier molecular flexibility index (Phi) is 4.13. The molecular formula is C28H35N3O. The molecule has 1 aromatic heterocycles. The number of carbonyl (C=O) groups is 1. The predicted molar refractivity (Wildman–Crippen MR) is 125 cm³/mol. The Morgan fingerprint density at radius 2 is 1.97 bits per heavy atom. The number of nitrogens with zero attached hydrogens (tertiary/aromatic N) is 3. The molecule has 5 aliphatic rings. The van der Waals surface area contributed by atoms with Crippen molar-refractivity contribution in [1.82, 2.24) is 15.0 Å². The summed E-state index contributed by atoms with van der Waals surface area (Å²) in [6, 6.07) is 8.00. The zero-order valence-corrected chi connectivity index (χ0v) is 19.2. The first-order valence-electron chi connectivity index (χ1n) is 13.0. The van der Waals surface area contributed by atoms with Gasteiger partial charge in [-0.15, -0.1) is 5.10 Å². The van der Waals surface area contributed by atoms with E-state index in [2.05, 4.69) is 23.8 Å². The van der Waals surface area contributed by atoms with Gasteiger partial charge in [-0.2, -0.15) is 0 Å². The first-order chi connectivity index (χ1) is 15.5. The van der Waals surface area contributed by atoms with Gasteiger partial charge in [0.05, 0.1) is 5.52 Å². The van der Waals surface area contributed by atoms with Gasteiger partial charge in [0.15, 0.2) is 5.78 Å². The van der Waals surface area contributed by atoms with Crippen LogP contribution < -0.4 is 0 Å². The number of fused-ring (bicyclic) bond motifs is 8. The maximum atomic E-state index is 13.8. The first-order valence-corrected chi connectivity index (χ1v) is 13.0. The number of ketones is 1. The van der Waals surface area contributed by atoms with Crippen molar-refractivity contribution in [2.45, 2.75) is 64.8 Å². The van der Waals surface area contributed by atoms with Gasteiger partial charge in [-0.05, 0) is 110 Å². The van der Waals surface area contributed by atoms with Gasteiger partial charge < -0.3 is 0 Å². The highest BCUT2D eigenvalue weighted by molar-refractivity contribution is 5.85. The van der Waals surface area contributed by atoms with Crippen LogP contribution in [0.5, 0.6) is 0 Å². The van der Waals surface area contributed by atoms with Crippen LogP contribution in [0.2, 0.25) is 0 Å². The Hall–Kier alpha value is -1.97. The number of hydrogen-bond acceptors (Lipinski definition) is 3. The van der Waals surface area contributed by atoms with Crippen molar-refractivity contribution in [1.29, 1.82) is 0 Å². The smallest absolute Gasteiger partial charge is 0.158 e. The monoisotopic (exact) mass is 429 g/mol. The van der Waals surface area contributed by atoms with Gasteiger partial charge in [-0.1, -0.05) is 36.4 Å². The summed E-state index contributed by atoms with van der Waals surface area (Å²) in [6.07, 6.45) is 10.6. The molecule has 4 nitrogen and oxygen atoms in total. The Morgan fingerprint density at radius 1 is 1.09 bits per heavy atom. The largest absolute Gasteiger partial charge is 0.297 e. The molecule has 32 heavy (non-hydrogen) atoms. The Labute approximate surface area is 190 Å². The fourth-order valence-corrected chi connectivity index (χ4v) is 9.63. The number of carbonyl (C=O) groups excluding carboxylic acids is 1. The van der Waals surface area contributed by atoms with E-state index in [1.807, 2.05) is 28.9 Å². The molecule has 168 valence electrons. The number of para-hydroxylation sites is 1. The topological polar surface area (TPSA) is 47.8 Å². The van der Waals surface area contributed by atoms with Crippen LogP contribution in [0, 0.1) is 52.8 Å². The summed E-state index contributed by atoms with van der Waals surface area (Å²) in [5.74, 6) is 6.46. The molecule has 0 N–H and O–H groups in total. The number of aromatic nitrogens is 3. The highest BCUT2D eigenvalue weighted by atomic mass is 16.1. The second-order valence-electron chi connectivity index (χ2n) is 12.1. The third kappa shape index (κ3) is 2.64. The van der Waals surface area contributed by atoms with Crippen LogP contribution in [0.4, 0.5) is 0 Å². The van der Waals surface area contributed by atoms with Crippen LogP contribution in [-0.4, -0.2) is 20.8 Å². The molecular weight excluding hydrogens is 394 g/mol.